The van der Waals surface area contributed by atoms with Crippen LogP contribution in [0.15, 0.2) is 18.2 Å². The number of carbonyl (C=O) groups excluding carboxylic acids is 1. The number of ether oxygens (including phenoxy) is 1. The van der Waals surface area contributed by atoms with Crippen molar-refractivity contribution in [1.82, 2.24) is 4.90 Å². The van der Waals surface area contributed by atoms with E-state index in [1.54, 1.807) is 11.0 Å². The molecule has 1 N–H and O–H groups in total. The number of anilines is 1. The second-order valence-electron chi connectivity index (χ2n) is 6.77. The molecule has 1 aromatic rings. The number of nitrogens with one attached hydrogen (secondary N) is 1. The molecule has 1 saturated heterocycles. The number of carbonyl (C=O) groups is 1. The van der Waals surface area contributed by atoms with Crippen LogP contribution in [-0.4, -0.2) is 40.6 Å². The molecule has 0 bridgehead atoms. The monoisotopic (exact) mass is 355 g/mol. The van der Waals surface area contributed by atoms with Crippen molar-refractivity contribution in [3.63, 3.8) is 0 Å². The summed E-state index contributed by atoms with van der Waals surface area (Å²) in [6, 6.07) is 4.29. The lowest BCUT2D eigenvalue weighted by molar-refractivity contribution is -0.384. The molecule has 1 fully saturated rings. The molecule has 0 aromatic heterocycles. The highest BCUT2D eigenvalue weighted by atomic mass is 35.5. The van der Waals surface area contributed by atoms with Gasteiger partial charge in [-0.3, -0.25) is 10.1 Å². The van der Waals surface area contributed by atoms with Crippen molar-refractivity contribution in [3.8, 4) is 0 Å². The largest absolute Gasteiger partial charge is 0.444 e. The fourth-order valence-corrected chi connectivity index (χ4v) is 2.84. The lowest BCUT2D eigenvalue weighted by Crippen LogP contribution is -2.42. The van der Waals surface area contributed by atoms with Gasteiger partial charge in [0.25, 0.3) is 5.69 Å². The topological polar surface area (TPSA) is 84.7 Å². The van der Waals surface area contributed by atoms with Crippen LogP contribution in [0.25, 0.3) is 0 Å². The maximum Gasteiger partial charge on any atom is 0.410 e. The van der Waals surface area contributed by atoms with Crippen LogP contribution in [0.1, 0.15) is 33.6 Å². The normalized spacial score (nSPS) is 17.7. The Bertz CT molecular complexity index is 630. The van der Waals surface area contributed by atoms with Crippen molar-refractivity contribution < 1.29 is 14.5 Å². The highest BCUT2D eigenvalue weighted by Gasteiger charge is 2.32. The van der Waals surface area contributed by atoms with Gasteiger partial charge >= 0.3 is 6.09 Å². The van der Waals surface area contributed by atoms with Crippen LogP contribution in [-0.2, 0) is 4.74 Å². The van der Waals surface area contributed by atoms with Gasteiger partial charge in [-0.05, 0) is 39.7 Å². The van der Waals surface area contributed by atoms with Crippen molar-refractivity contribution in [2.75, 3.05) is 18.4 Å². The van der Waals surface area contributed by atoms with Crippen molar-refractivity contribution in [3.05, 3.63) is 33.3 Å². The van der Waals surface area contributed by atoms with Gasteiger partial charge in [0.2, 0.25) is 0 Å². The Morgan fingerprint density at radius 1 is 1.50 bits per heavy atom. The van der Waals surface area contributed by atoms with Crippen molar-refractivity contribution in [2.45, 2.75) is 45.3 Å². The molecule has 1 aromatic carbocycles. The maximum atomic E-state index is 12.2. The highest BCUT2D eigenvalue weighted by molar-refractivity contribution is 6.33. The van der Waals surface area contributed by atoms with Crippen LogP contribution < -0.4 is 5.32 Å². The molecule has 1 atom stereocenters. The number of nitro groups is 1. The first-order valence-electron chi connectivity index (χ1n) is 7.85. The van der Waals surface area contributed by atoms with E-state index in [-0.39, 0.29) is 22.8 Å². The first-order chi connectivity index (χ1) is 11.2. The van der Waals surface area contributed by atoms with E-state index in [1.165, 1.54) is 12.1 Å². The summed E-state index contributed by atoms with van der Waals surface area (Å²) in [5.74, 6) is 0. The summed E-state index contributed by atoms with van der Waals surface area (Å²) in [5.41, 5.74) is 0.0272. The number of non-ortho nitro benzene ring substituents is 1. The summed E-state index contributed by atoms with van der Waals surface area (Å²) < 4.78 is 5.43. The highest BCUT2D eigenvalue weighted by Crippen LogP contribution is 2.28. The van der Waals surface area contributed by atoms with Crippen LogP contribution in [0.4, 0.5) is 16.2 Å². The average Bonchev–Trinajstić information content (AvgIpc) is 2.92. The number of benzene rings is 1. The molecule has 1 unspecified atom stereocenters. The van der Waals surface area contributed by atoms with Gasteiger partial charge in [0.15, 0.2) is 0 Å². The molecule has 8 heteroatoms. The van der Waals surface area contributed by atoms with Crippen molar-refractivity contribution >= 4 is 29.1 Å². The van der Waals surface area contributed by atoms with Gasteiger partial charge in [0.1, 0.15) is 5.60 Å². The number of rotatable bonds is 4. The first-order valence-corrected chi connectivity index (χ1v) is 8.22. The van der Waals surface area contributed by atoms with Gasteiger partial charge in [-0.1, -0.05) is 11.6 Å². The van der Waals surface area contributed by atoms with E-state index < -0.39 is 10.5 Å². The number of hydrogen-bond acceptors (Lipinski definition) is 5. The molecular formula is C16H22ClN3O4. The quantitative estimate of drug-likeness (QED) is 0.650. The van der Waals surface area contributed by atoms with E-state index in [0.717, 1.165) is 12.8 Å². The number of nitro benzene ring substituents is 1. The third-order valence-corrected chi connectivity index (χ3v) is 4.01. The van der Waals surface area contributed by atoms with Crippen molar-refractivity contribution in [2.24, 2.45) is 0 Å². The fraction of sp³-hybridized carbons (Fsp3) is 0.562. The van der Waals surface area contributed by atoms with E-state index in [4.69, 9.17) is 16.3 Å². The van der Waals surface area contributed by atoms with Gasteiger partial charge in [-0.15, -0.1) is 0 Å². The minimum atomic E-state index is -0.528. The zero-order valence-corrected chi connectivity index (χ0v) is 14.8. The van der Waals surface area contributed by atoms with Gasteiger partial charge < -0.3 is 15.0 Å². The number of amides is 1. The molecule has 1 aliphatic rings. The van der Waals surface area contributed by atoms with Crippen molar-refractivity contribution in [1.29, 1.82) is 0 Å². The molecule has 1 heterocycles. The average molecular weight is 356 g/mol. The molecule has 1 aliphatic heterocycles. The lowest BCUT2D eigenvalue weighted by atomic mass is 10.2. The van der Waals surface area contributed by atoms with Gasteiger partial charge in [0.05, 0.1) is 21.7 Å². The SMILES string of the molecule is CC(C)(C)OC(=O)N1CCCC1CNc1ccc([N+](=O)[O-])cc1Cl. The van der Waals surface area contributed by atoms with Crippen LogP contribution in [0, 0.1) is 10.1 Å². The van der Waals surface area contributed by atoms with Gasteiger partial charge in [-0.25, -0.2) is 4.79 Å². The zero-order valence-electron chi connectivity index (χ0n) is 14.0. The summed E-state index contributed by atoms with van der Waals surface area (Å²) >= 11 is 6.07. The Hall–Kier alpha value is -2.02. The summed E-state index contributed by atoms with van der Waals surface area (Å²) in [4.78, 5) is 24.2. The molecule has 132 valence electrons. The fourth-order valence-electron chi connectivity index (χ4n) is 2.60. The molecule has 0 aliphatic carbocycles. The van der Waals surface area contributed by atoms with E-state index in [9.17, 15) is 14.9 Å². The van der Waals surface area contributed by atoms with E-state index in [1.807, 2.05) is 20.8 Å². The summed E-state index contributed by atoms with van der Waals surface area (Å²) in [7, 11) is 0. The Morgan fingerprint density at radius 3 is 2.79 bits per heavy atom. The van der Waals surface area contributed by atoms with Gasteiger partial charge in [-0.2, -0.15) is 0 Å². The maximum absolute atomic E-state index is 12.2. The van der Waals surface area contributed by atoms with Crippen LogP contribution in [0.2, 0.25) is 5.02 Å². The smallest absolute Gasteiger partial charge is 0.410 e. The Kier molecular flexibility index (Phi) is 5.54. The molecule has 7 nitrogen and oxygen atoms in total. The standard InChI is InChI=1S/C16H22ClN3O4/c1-16(2,3)24-15(21)19-8-4-5-12(19)10-18-14-7-6-11(20(22)23)9-13(14)17/h6-7,9,12,18H,4-5,8,10H2,1-3H3. The lowest BCUT2D eigenvalue weighted by Gasteiger charge is -2.29. The molecule has 0 radical (unpaired) electrons. The van der Waals surface area contributed by atoms with Crippen LogP contribution in [0.5, 0.6) is 0 Å². The molecule has 0 saturated carbocycles. The van der Waals surface area contributed by atoms with Crippen LogP contribution in [0.3, 0.4) is 0 Å². The number of halogens is 1. The molecule has 2 rings (SSSR count). The predicted molar refractivity (Wildman–Crippen MR) is 92.6 cm³/mol. The summed E-state index contributed by atoms with van der Waals surface area (Å²) in [6.45, 7) is 6.69. The van der Waals surface area contributed by atoms with E-state index in [0.29, 0.717) is 18.8 Å². The third-order valence-electron chi connectivity index (χ3n) is 3.70. The Balaban J connectivity index is 1.98. The number of likely N-dealkylation sites (tertiary alicyclic amines) is 1. The third kappa shape index (κ3) is 4.74. The minimum Gasteiger partial charge on any atom is -0.444 e. The summed E-state index contributed by atoms with van der Waals surface area (Å²) in [6.07, 6.45) is 1.47. The number of nitrogens with zero attached hydrogens (tertiary/aromatic N) is 2. The predicted octanol–water partition coefficient (Wildman–Crippen LogP) is 4.06. The van der Waals surface area contributed by atoms with E-state index in [2.05, 4.69) is 5.32 Å². The van der Waals surface area contributed by atoms with Crippen LogP contribution >= 0.6 is 11.6 Å². The second kappa shape index (κ2) is 7.25. The molecule has 24 heavy (non-hydrogen) atoms. The molecular weight excluding hydrogens is 334 g/mol. The Morgan fingerprint density at radius 2 is 2.21 bits per heavy atom. The summed E-state index contributed by atoms with van der Waals surface area (Å²) in [5, 5.41) is 14.2. The Labute approximate surface area is 146 Å². The second-order valence-corrected chi connectivity index (χ2v) is 7.18. The first kappa shape index (κ1) is 18.3. The van der Waals surface area contributed by atoms with E-state index >= 15 is 0 Å². The van der Waals surface area contributed by atoms with Gasteiger partial charge in [0, 0.05) is 25.2 Å². The molecule has 1 amide bonds. The minimum absolute atomic E-state index is 0.00566. The molecule has 0 spiro atoms. The zero-order chi connectivity index (χ0) is 17.9. The number of hydrogen-bond donors (Lipinski definition) is 1.